The monoisotopic (exact) mass is 589 g/mol. The van der Waals surface area contributed by atoms with Crippen LogP contribution in [0.1, 0.15) is 45.2 Å². The van der Waals surface area contributed by atoms with E-state index in [1.54, 1.807) is 16.8 Å². The van der Waals surface area contributed by atoms with E-state index in [0.29, 0.717) is 52.8 Å². The van der Waals surface area contributed by atoms with Crippen LogP contribution in [0, 0.1) is 5.92 Å². The number of aromatic nitrogens is 5. The number of fused-ring (bicyclic) bond motifs is 2. The van der Waals surface area contributed by atoms with Gasteiger partial charge in [-0.15, -0.1) is 13.2 Å². The highest BCUT2D eigenvalue weighted by atomic mass is 19.4. The summed E-state index contributed by atoms with van der Waals surface area (Å²) in [6.45, 7) is 4.67. The molecule has 1 saturated carbocycles. The third kappa shape index (κ3) is 5.63. The highest BCUT2D eigenvalue weighted by molar-refractivity contribution is 5.86. The first-order valence-corrected chi connectivity index (χ1v) is 14.1. The van der Waals surface area contributed by atoms with E-state index < -0.39 is 30.9 Å². The Labute approximate surface area is 239 Å². The van der Waals surface area contributed by atoms with Crippen LogP contribution in [0.5, 0.6) is 5.75 Å². The molecule has 0 unspecified atom stereocenters. The van der Waals surface area contributed by atoms with Gasteiger partial charge in [0.2, 0.25) is 0 Å². The molecule has 11 nitrogen and oxygen atoms in total. The molecular formula is C28H34F3N7O4. The molecule has 4 heterocycles. The topological polar surface area (TPSA) is 148 Å². The van der Waals surface area contributed by atoms with E-state index in [9.17, 15) is 23.4 Å². The summed E-state index contributed by atoms with van der Waals surface area (Å²) in [6, 6.07) is 6.36. The van der Waals surface area contributed by atoms with Crippen molar-refractivity contribution < 1.29 is 32.9 Å². The number of benzene rings is 1. The number of alkyl halides is 3. The number of nitrogen functional groups attached to an aromatic ring is 1. The summed E-state index contributed by atoms with van der Waals surface area (Å²) in [5, 5.41) is 22.4. The minimum absolute atomic E-state index is 0.200. The molecular weight excluding hydrogens is 555 g/mol. The lowest BCUT2D eigenvalue weighted by Gasteiger charge is -2.46. The molecule has 1 aliphatic carbocycles. The SMILES string of the molecule is CC(C)N(C[C@H]1O[C@@H](n2ccc3c(N)ncnc32)[C@@H](O)[C@H]1O)[C@H]1C[C@H](CCc2nc3cc(OC(F)(F)F)ccc3[nH]2)C1. The molecule has 0 radical (unpaired) electrons. The molecule has 2 fully saturated rings. The maximum absolute atomic E-state index is 12.5. The summed E-state index contributed by atoms with van der Waals surface area (Å²) in [4.78, 5) is 18.2. The van der Waals surface area contributed by atoms with Gasteiger partial charge in [0.25, 0.3) is 0 Å². The van der Waals surface area contributed by atoms with Crippen LogP contribution < -0.4 is 10.5 Å². The smallest absolute Gasteiger partial charge is 0.406 e. The molecule has 2 aliphatic rings. The minimum atomic E-state index is -4.75. The van der Waals surface area contributed by atoms with Crippen LogP contribution in [0.4, 0.5) is 19.0 Å². The normalized spacial score (nSPS) is 26.5. The van der Waals surface area contributed by atoms with Crippen LogP contribution >= 0.6 is 0 Å². The van der Waals surface area contributed by atoms with Gasteiger partial charge in [-0.3, -0.25) is 4.90 Å². The highest BCUT2D eigenvalue weighted by Crippen LogP contribution is 2.39. The van der Waals surface area contributed by atoms with Crippen LogP contribution in [0.25, 0.3) is 22.1 Å². The summed E-state index contributed by atoms with van der Waals surface area (Å²) in [7, 11) is 0. The molecule has 3 aromatic heterocycles. The number of H-pyrrole nitrogens is 1. The molecule has 1 aromatic carbocycles. The molecule has 0 bridgehead atoms. The molecule has 14 heteroatoms. The van der Waals surface area contributed by atoms with Crippen molar-refractivity contribution in [1.29, 1.82) is 0 Å². The van der Waals surface area contributed by atoms with Crippen molar-refractivity contribution in [3.8, 4) is 5.75 Å². The summed E-state index contributed by atoms with van der Waals surface area (Å²) in [5.74, 6) is 1.24. The standard InChI is InChI=1S/C28H34F3N7O4/c1-14(2)38(12-21-23(39)24(40)27(41-21)37-8-7-18-25(32)33-13-34-26(18)37)16-9-15(10-16)3-6-22-35-19-5-4-17(11-20(19)36-22)42-28(29,30)31/h4-5,7-8,11,13-16,21,23-24,27,39-40H,3,6,9-10,12H2,1-2H3,(H,35,36)(H2,32,33,34)/t15-,16-,21-,23+,24+,27-/m1/s1. The zero-order valence-electron chi connectivity index (χ0n) is 23.2. The number of nitrogens with zero attached hydrogens (tertiary/aromatic N) is 5. The van der Waals surface area contributed by atoms with Crippen molar-refractivity contribution >= 4 is 27.9 Å². The Bertz CT molecular complexity index is 1550. The molecule has 5 N–H and O–H groups in total. The van der Waals surface area contributed by atoms with E-state index in [1.165, 1.54) is 24.5 Å². The molecule has 1 saturated heterocycles. The first-order chi connectivity index (χ1) is 20.0. The van der Waals surface area contributed by atoms with Crippen LogP contribution in [-0.2, 0) is 11.2 Å². The number of hydrogen-bond donors (Lipinski definition) is 4. The average molecular weight is 590 g/mol. The van der Waals surface area contributed by atoms with E-state index in [1.807, 2.05) is 0 Å². The Morgan fingerprint density at radius 1 is 1.19 bits per heavy atom. The van der Waals surface area contributed by atoms with E-state index >= 15 is 0 Å². The van der Waals surface area contributed by atoms with Gasteiger partial charge in [-0.1, -0.05) is 0 Å². The van der Waals surface area contributed by atoms with E-state index in [4.69, 9.17) is 10.5 Å². The molecule has 0 spiro atoms. The second-order valence-electron chi connectivity index (χ2n) is 11.5. The Kier molecular flexibility index (Phi) is 7.50. The number of halogens is 3. The third-order valence-electron chi connectivity index (χ3n) is 8.41. The highest BCUT2D eigenvalue weighted by Gasteiger charge is 2.46. The summed E-state index contributed by atoms with van der Waals surface area (Å²) in [6.07, 6.45) is -1.76. The molecule has 6 rings (SSSR count). The van der Waals surface area contributed by atoms with Gasteiger partial charge in [-0.25, -0.2) is 15.0 Å². The predicted molar refractivity (Wildman–Crippen MR) is 147 cm³/mol. The Hall–Kier alpha value is -3.46. The van der Waals surface area contributed by atoms with Crippen molar-refractivity contribution in [3.63, 3.8) is 0 Å². The van der Waals surface area contributed by atoms with Crippen molar-refractivity contribution in [2.24, 2.45) is 5.92 Å². The van der Waals surface area contributed by atoms with Gasteiger partial charge in [0.15, 0.2) is 6.23 Å². The van der Waals surface area contributed by atoms with Crippen molar-refractivity contribution in [3.05, 3.63) is 42.6 Å². The van der Waals surface area contributed by atoms with Crippen molar-refractivity contribution in [1.82, 2.24) is 29.4 Å². The Morgan fingerprint density at radius 2 is 1.98 bits per heavy atom. The number of hydrogen-bond acceptors (Lipinski definition) is 9. The Balaban J connectivity index is 1.04. The fourth-order valence-corrected chi connectivity index (χ4v) is 6.20. The number of aliphatic hydroxyl groups excluding tert-OH is 2. The molecule has 1 aliphatic heterocycles. The Morgan fingerprint density at radius 3 is 2.71 bits per heavy atom. The van der Waals surface area contributed by atoms with E-state index in [0.717, 1.165) is 25.1 Å². The first-order valence-electron chi connectivity index (χ1n) is 14.1. The number of imidazole rings is 1. The summed E-state index contributed by atoms with van der Waals surface area (Å²) in [5.41, 5.74) is 7.58. The van der Waals surface area contributed by atoms with Gasteiger partial charge < -0.3 is 35.0 Å². The lowest BCUT2D eigenvalue weighted by Crippen LogP contribution is -2.52. The van der Waals surface area contributed by atoms with Gasteiger partial charge in [-0.2, -0.15) is 0 Å². The zero-order chi connectivity index (χ0) is 29.8. The van der Waals surface area contributed by atoms with Gasteiger partial charge in [0.05, 0.1) is 16.4 Å². The van der Waals surface area contributed by atoms with Crippen LogP contribution in [0.15, 0.2) is 36.8 Å². The fourth-order valence-electron chi connectivity index (χ4n) is 6.20. The second kappa shape index (κ2) is 11.0. The van der Waals surface area contributed by atoms with Crippen molar-refractivity contribution in [2.45, 2.75) is 82.5 Å². The van der Waals surface area contributed by atoms with Crippen LogP contribution in [-0.4, -0.2) is 82.9 Å². The number of ether oxygens (including phenoxy) is 2. The largest absolute Gasteiger partial charge is 0.573 e. The number of rotatable bonds is 9. The molecule has 4 atom stereocenters. The van der Waals surface area contributed by atoms with Gasteiger partial charge in [0.1, 0.15) is 47.7 Å². The minimum Gasteiger partial charge on any atom is -0.406 e. The number of nitrogens with one attached hydrogen (secondary N) is 1. The van der Waals surface area contributed by atoms with Gasteiger partial charge in [0, 0.05) is 37.3 Å². The first kappa shape index (κ1) is 28.6. The second-order valence-corrected chi connectivity index (χ2v) is 11.5. The average Bonchev–Trinajstić information content (AvgIpc) is 3.58. The molecule has 4 aromatic rings. The third-order valence-corrected chi connectivity index (χ3v) is 8.41. The van der Waals surface area contributed by atoms with E-state index in [2.05, 4.69) is 43.4 Å². The maximum Gasteiger partial charge on any atom is 0.573 e. The molecule has 42 heavy (non-hydrogen) atoms. The predicted octanol–water partition coefficient (Wildman–Crippen LogP) is 3.53. The number of anilines is 1. The lowest BCUT2D eigenvalue weighted by atomic mass is 9.76. The lowest BCUT2D eigenvalue weighted by molar-refractivity contribution is -0.274. The maximum atomic E-state index is 12.5. The van der Waals surface area contributed by atoms with Gasteiger partial charge in [-0.05, 0) is 57.2 Å². The van der Waals surface area contributed by atoms with E-state index in [-0.39, 0.29) is 11.8 Å². The fraction of sp³-hybridized carbons (Fsp3) is 0.536. The number of aryl methyl sites for hydroxylation is 1. The zero-order valence-corrected chi connectivity index (χ0v) is 23.2. The quantitative estimate of drug-likeness (QED) is 0.230. The van der Waals surface area contributed by atoms with Crippen molar-refractivity contribution in [2.75, 3.05) is 12.3 Å². The summed E-state index contributed by atoms with van der Waals surface area (Å²) < 4.78 is 49.5. The number of aromatic amines is 1. The molecule has 0 amide bonds. The van der Waals surface area contributed by atoms with Crippen LogP contribution in [0.3, 0.4) is 0 Å². The summed E-state index contributed by atoms with van der Waals surface area (Å²) >= 11 is 0. The number of nitrogens with two attached hydrogens (primary N) is 1. The van der Waals surface area contributed by atoms with Gasteiger partial charge >= 0.3 is 6.36 Å². The van der Waals surface area contributed by atoms with Crippen LogP contribution in [0.2, 0.25) is 0 Å². The number of aliphatic hydroxyl groups is 2. The molecule has 226 valence electrons.